The van der Waals surface area contributed by atoms with Crippen molar-refractivity contribution in [1.82, 2.24) is 9.97 Å². The van der Waals surface area contributed by atoms with Gasteiger partial charge in [-0.15, -0.1) is 0 Å². The van der Waals surface area contributed by atoms with Crippen molar-refractivity contribution in [1.29, 1.82) is 0 Å². The van der Waals surface area contributed by atoms with Crippen LogP contribution in [-0.2, 0) is 4.74 Å². The van der Waals surface area contributed by atoms with Crippen LogP contribution in [0.15, 0.2) is 12.4 Å². The second-order valence-electron chi connectivity index (χ2n) is 3.42. The van der Waals surface area contributed by atoms with Crippen LogP contribution in [0.25, 0.3) is 0 Å². The van der Waals surface area contributed by atoms with Gasteiger partial charge in [0, 0.05) is 18.0 Å². The van der Waals surface area contributed by atoms with Gasteiger partial charge >= 0.3 is 5.97 Å². The summed E-state index contributed by atoms with van der Waals surface area (Å²) in [5.41, 5.74) is 5.58. The van der Waals surface area contributed by atoms with E-state index in [1.54, 1.807) is 0 Å². The van der Waals surface area contributed by atoms with Crippen LogP contribution in [0.2, 0.25) is 0 Å². The first-order valence-electron chi connectivity index (χ1n) is 5.06. The summed E-state index contributed by atoms with van der Waals surface area (Å²) in [5, 5.41) is 19.2. The fraction of sp³-hybridized carbons (Fsp3) is 0.500. The minimum absolute atomic E-state index is 0.100. The minimum atomic E-state index is -1.12. The van der Waals surface area contributed by atoms with Crippen molar-refractivity contribution in [3.8, 4) is 0 Å². The summed E-state index contributed by atoms with van der Waals surface area (Å²) < 4.78 is 4.43. The van der Waals surface area contributed by atoms with Crippen LogP contribution in [0.1, 0.15) is 28.7 Å². The maximum Gasteiger partial charge on any atom is 0.376 e. The molecule has 0 aromatic carbocycles. The van der Waals surface area contributed by atoms with Crippen LogP contribution >= 0.6 is 0 Å². The lowest BCUT2D eigenvalue weighted by molar-refractivity contribution is 0.0145. The van der Waals surface area contributed by atoms with E-state index < -0.39 is 18.2 Å². The number of ether oxygens (including phenoxy) is 1. The van der Waals surface area contributed by atoms with Crippen molar-refractivity contribution in [2.75, 3.05) is 13.7 Å². The lowest BCUT2D eigenvalue weighted by Crippen LogP contribution is -2.22. The monoisotopic (exact) mass is 241 g/mol. The van der Waals surface area contributed by atoms with Gasteiger partial charge in [-0.1, -0.05) is 0 Å². The molecular formula is C10H15N3O4. The maximum absolute atomic E-state index is 11.1. The average Bonchev–Trinajstić information content (AvgIpc) is 2.37. The summed E-state index contributed by atoms with van der Waals surface area (Å²) >= 11 is 0. The van der Waals surface area contributed by atoms with E-state index in [4.69, 9.17) is 5.73 Å². The summed E-state index contributed by atoms with van der Waals surface area (Å²) in [6, 6.07) is 0. The van der Waals surface area contributed by atoms with Gasteiger partial charge < -0.3 is 20.7 Å². The molecule has 4 N–H and O–H groups in total. The maximum atomic E-state index is 11.1. The number of hydrogen-bond acceptors (Lipinski definition) is 7. The van der Waals surface area contributed by atoms with E-state index in [1.807, 2.05) is 0 Å². The number of esters is 1. The van der Waals surface area contributed by atoms with E-state index in [1.165, 1.54) is 19.5 Å². The van der Waals surface area contributed by atoms with Gasteiger partial charge in [0.05, 0.1) is 13.2 Å². The zero-order valence-corrected chi connectivity index (χ0v) is 9.41. The lowest BCUT2D eigenvalue weighted by Gasteiger charge is -2.16. The predicted octanol–water partition coefficient (Wildman–Crippen LogP) is -0.994. The Morgan fingerprint density at radius 3 is 2.53 bits per heavy atom. The number of aliphatic hydroxyl groups excluding tert-OH is 2. The van der Waals surface area contributed by atoms with Crippen molar-refractivity contribution in [2.45, 2.75) is 18.6 Å². The van der Waals surface area contributed by atoms with Gasteiger partial charge in [0.15, 0.2) is 0 Å². The molecule has 2 atom stereocenters. The van der Waals surface area contributed by atoms with Gasteiger partial charge in [0.2, 0.25) is 5.82 Å². The molecule has 1 heterocycles. The molecule has 0 aliphatic carbocycles. The van der Waals surface area contributed by atoms with Crippen LogP contribution < -0.4 is 5.73 Å². The molecule has 1 aromatic rings. The van der Waals surface area contributed by atoms with Crippen LogP contribution in [0.5, 0.6) is 0 Å². The molecule has 0 saturated heterocycles. The van der Waals surface area contributed by atoms with Gasteiger partial charge in [-0.3, -0.25) is 0 Å². The molecule has 0 aliphatic heterocycles. The van der Waals surface area contributed by atoms with E-state index >= 15 is 0 Å². The molecule has 7 nitrogen and oxygen atoms in total. The Labute approximate surface area is 98.3 Å². The number of rotatable bonds is 5. The second-order valence-corrected chi connectivity index (χ2v) is 3.42. The highest BCUT2D eigenvalue weighted by Gasteiger charge is 2.19. The fourth-order valence-corrected chi connectivity index (χ4v) is 1.24. The quantitative estimate of drug-likeness (QED) is 0.566. The third-order valence-corrected chi connectivity index (χ3v) is 2.21. The molecule has 1 aromatic heterocycles. The number of hydrogen-bond donors (Lipinski definition) is 3. The zero-order valence-electron chi connectivity index (χ0n) is 9.41. The topological polar surface area (TPSA) is 119 Å². The van der Waals surface area contributed by atoms with Gasteiger partial charge in [-0.05, 0) is 13.0 Å². The summed E-state index contributed by atoms with van der Waals surface area (Å²) in [4.78, 5) is 18.5. The molecule has 0 saturated carbocycles. The molecule has 0 spiro atoms. The molecule has 0 aliphatic rings. The fourth-order valence-electron chi connectivity index (χ4n) is 1.24. The number of aliphatic hydroxyl groups is 2. The SMILES string of the molecule is COC(=O)c1ncc(C(O)C(O)CCN)cn1. The first kappa shape index (κ1) is 13.5. The van der Waals surface area contributed by atoms with E-state index in [9.17, 15) is 15.0 Å². The minimum Gasteiger partial charge on any atom is -0.463 e. The number of aromatic nitrogens is 2. The second kappa shape index (κ2) is 6.24. The molecule has 0 amide bonds. The highest BCUT2D eigenvalue weighted by molar-refractivity contribution is 5.84. The van der Waals surface area contributed by atoms with Crippen LogP contribution in [0, 0.1) is 0 Å². The van der Waals surface area contributed by atoms with Crippen molar-refractivity contribution in [2.24, 2.45) is 5.73 Å². The number of carbonyl (C=O) groups excluding carboxylic acids is 1. The van der Waals surface area contributed by atoms with Gasteiger partial charge in [0.25, 0.3) is 0 Å². The number of nitrogens with two attached hydrogens (primary N) is 1. The third kappa shape index (κ3) is 3.45. The summed E-state index contributed by atoms with van der Waals surface area (Å²) in [7, 11) is 1.22. The molecule has 0 radical (unpaired) electrons. The first-order chi connectivity index (χ1) is 8.10. The Hall–Kier alpha value is -1.57. The molecule has 0 fully saturated rings. The number of nitrogens with zero attached hydrogens (tertiary/aromatic N) is 2. The standard InChI is InChI=1S/C10H15N3O4/c1-17-10(16)9-12-4-6(5-13-9)8(15)7(14)2-3-11/h4-5,7-8,14-15H,2-3,11H2,1H3. The Morgan fingerprint density at radius 1 is 1.47 bits per heavy atom. The third-order valence-electron chi connectivity index (χ3n) is 2.21. The molecule has 17 heavy (non-hydrogen) atoms. The predicted molar refractivity (Wildman–Crippen MR) is 58.0 cm³/mol. The van der Waals surface area contributed by atoms with Crippen molar-refractivity contribution < 1.29 is 19.7 Å². The molecule has 0 bridgehead atoms. The van der Waals surface area contributed by atoms with Gasteiger partial charge in [-0.2, -0.15) is 0 Å². The van der Waals surface area contributed by atoms with Crippen molar-refractivity contribution >= 4 is 5.97 Å². The summed E-state index contributed by atoms with van der Waals surface area (Å²) in [5.74, 6) is -0.759. The smallest absolute Gasteiger partial charge is 0.376 e. The van der Waals surface area contributed by atoms with Crippen LogP contribution in [0.4, 0.5) is 0 Å². The van der Waals surface area contributed by atoms with Crippen LogP contribution in [-0.4, -0.2) is 45.9 Å². The molecule has 2 unspecified atom stereocenters. The molecule has 7 heteroatoms. The molecular weight excluding hydrogens is 226 g/mol. The van der Waals surface area contributed by atoms with E-state index in [-0.39, 0.29) is 18.8 Å². The first-order valence-corrected chi connectivity index (χ1v) is 5.06. The zero-order chi connectivity index (χ0) is 12.8. The van der Waals surface area contributed by atoms with Crippen molar-refractivity contribution in [3.63, 3.8) is 0 Å². The summed E-state index contributed by atoms with van der Waals surface area (Å²) in [6.07, 6.45) is 0.700. The summed E-state index contributed by atoms with van der Waals surface area (Å²) in [6.45, 7) is 0.263. The van der Waals surface area contributed by atoms with E-state index in [2.05, 4.69) is 14.7 Å². The number of methoxy groups -OCH3 is 1. The van der Waals surface area contributed by atoms with E-state index in [0.717, 1.165) is 0 Å². The largest absolute Gasteiger partial charge is 0.463 e. The Balaban J connectivity index is 2.76. The lowest BCUT2D eigenvalue weighted by atomic mass is 10.1. The molecule has 94 valence electrons. The van der Waals surface area contributed by atoms with E-state index in [0.29, 0.717) is 5.56 Å². The Bertz CT molecular complexity index is 368. The van der Waals surface area contributed by atoms with Gasteiger partial charge in [-0.25, -0.2) is 14.8 Å². The highest BCUT2D eigenvalue weighted by atomic mass is 16.5. The normalized spacial score (nSPS) is 14.1. The average molecular weight is 241 g/mol. The van der Waals surface area contributed by atoms with Crippen LogP contribution in [0.3, 0.4) is 0 Å². The Morgan fingerprint density at radius 2 is 2.06 bits per heavy atom. The molecule has 1 rings (SSSR count). The van der Waals surface area contributed by atoms with Gasteiger partial charge in [0.1, 0.15) is 6.10 Å². The van der Waals surface area contributed by atoms with Crippen molar-refractivity contribution in [3.05, 3.63) is 23.8 Å². The Kier molecular flexibility index (Phi) is 4.95. The highest BCUT2D eigenvalue weighted by Crippen LogP contribution is 2.16. The number of carbonyl (C=O) groups is 1.